The smallest absolute Gasteiger partial charge is 0.321 e. The third-order valence-electron chi connectivity index (χ3n) is 5.37. The van der Waals surface area contributed by atoms with Gasteiger partial charge in [-0.05, 0) is 49.2 Å². The molecule has 1 aliphatic rings. The highest BCUT2D eigenvalue weighted by molar-refractivity contribution is 5.89. The van der Waals surface area contributed by atoms with E-state index < -0.39 is 0 Å². The number of benzene rings is 2. The topological polar surface area (TPSA) is 61.4 Å². The van der Waals surface area contributed by atoms with E-state index in [2.05, 4.69) is 27.3 Å². The molecular weight excluding hydrogens is 362 g/mol. The van der Waals surface area contributed by atoms with Crippen LogP contribution in [0.25, 0.3) is 11.3 Å². The first kappa shape index (κ1) is 18.9. The Kier molecular flexibility index (Phi) is 5.42. The highest BCUT2D eigenvalue weighted by atomic mass is 16.2. The number of rotatable bonds is 3. The lowest BCUT2D eigenvalue weighted by Gasteiger charge is -2.35. The Morgan fingerprint density at radius 2 is 1.62 bits per heavy atom. The highest BCUT2D eigenvalue weighted by Gasteiger charge is 2.22. The van der Waals surface area contributed by atoms with Crippen molar-refractivity contribution in [1.29, 1.82) is 0 Å². The molecule has 0 unspecified atom stereocenters. The number of piperazine rings is 1. The summed E-state index contributed by atoms with van der Waals surface area (Å²) >= 11 is 0. The zero-order valence-electron chi connectivity index (χ0n) is 16.8. The van der Waals surface area contributed by atoms with Crippen molar-refractivity contribution in [3.63, 3.8) is 0 Å². The van der Waals surface area contributed by atoms with Gasteiger partial charge >= 0.3 is 6.03 Å². The predicted molar refractivity (Wildman–Crippen MR) is 116 cm³/mol. The molecule has 148 valence electrons. The number of carbonyl (C=O) groups is 1. The number of aromatic nitrogens is 2. The summed E-state index contributed by atoms with van der Waals surface area (Å²) in [6.45, 7) is 6.89. The quantitative estimate of drug-likeness (QED) is 0.735. The van der Waals surface area contributed by atoms with Gasteiger partial charge < -0.3 is 15.1 Å². The third kappa shape index (κ3) is 4.37. The van der Waals surface area contributed by atoms with Crippen LogP contribution in [0.4, 0.5) is 16.3 Å². The second kappa shape index (κ2) is 8.31. The van der Waals surface area contributed by atoms with Gasteiger partial charge in [-0.1, -0.05) is 36.4 Å². The lowest BCUT2D eigenvalue weighted by Crippen LogP contribution is -2.50. The van der Waals surface area contributed by atoms with Crippen molar-refractivity contribution in [3.8, 4) is 11.3 Å². The number of nitrogens with zero attached hydrogens (tertiary/aromatic N) is 4. The Morgan fingerprint density at radius 1 is 0.862 bits per heavy atom. The van der Waals surface area contributed by atoms with Crippen LogP contribution in [-0.2, 0) is 0 Å². The monoisotopic (exact) mass is 387 g/mol. The van der Waals surface area contributed by atoms with Crippen LogP contribution in [-0.4, -0.2) is 47.3 Å². The largest absolute Gasteiger partial charge is 0.352 e. The van der Waals surface area contributed by atoms with E-state index in [1.165, 1.54) is 11.1 Å². The minimum absolute atomic E-state index is 0.0570. The number of urea groups is 1. The third-order valence-corrected chi connectivity index (χ3v) is 5.37. The Hall–Kier alpha value is -3.41. The first-order valence-electron chi connectivity index (χ1n) is 9.87. The first-order valence-corrected chi connectivity index (χ1v) is 9.87. The predicted octanol–water partition coefficient (Wildman–Crippen LogP) is 4.11. The van der Waals surface area contributed by atoms with Crippen LogP contribution < -0.4 is 10.2 Å². The fraction of sp³-hybridized carbons (Fsp3) is 0.261. The summed E-state index contributed by atoms with van der Waals surface area (Å²) < 4.78 is 0. The maximum atomic E-state index is 12.6. The van der Waals surface area contributed by atoms with Gasteiger partial charge in [0.25, 0.3) is 0 Å². The second-order valence-electron chi connectivity index (χ2n) is 7.35. The van der Waals surface area contributed by atoms with Gasteiger partial charge in [-0.3, -0.25) is 0 Å². The number of carbonyl (C=O) groups excluding carboxylic acids is 1. The van der Waals surface area contributed by atoms with Crippen molar-refractivity contribution in [3.05, 3.63) is 71.8 Å². The van der Waals surface area contributed by atoms with E-state index in [-0.39, 0.29) is 6.03 Å². The van der Waals surface area contributed by atoms with Gasteiger partial charge in [0.1, 0.15) is 0 Å². The van der Waals surface area contributed by atoms with E-state index in [1.807, 2.05) is 72.5 Å². The zero-order chi connectivity index (χ0) is 20.2. The Balaban J connectivity index is 1.34. The summed E-state index contributed by atoms with van der Waals surface area (Å²) in [7, 11) is 0. The van der Waals surface area contributed by atoms with E-state index >= 15 is 0 Å². The lowest BCUT2D eigenvalue weighted by atomic mass is 10.1. The summed E-state index contributed by atoms with van der Waals surface area (Å²) in [6.07, 6.45) is 0. The maximum Gasteiger partial charge on any atom is 0.321 e. The van der Waals surface area contributed by atoms with Crippen LogP contribution in [0.3, 0.4) is 0 Å². The van der Waals surface area contributed by atoms with Crippen molar-refractivity contribution in [2.24, 2.45) is 0 Å². The molecule has 2 aromatic carbocycles. The van der Waals surface area contributed by atoms with Gasteiger partial charge in [0.15, 0.2) is 5.82 Å². The Morgan fingerprint density at radius 3 is 2.28 bits per heavy atom. The van der Waals surface area contributed by atoms with Gasteiger partial charge in [-0.15, -0.1) is 10.2 Å². The molecule has 1 fully saturated rings. The van der Waals surface area contributed by atoms with Crippen LogP contribution >= 0.6 is 0 Å². The molecule has 0 radical (unpaired) electrons. The van der Waals surface area contributed by atoms with Crippen LogP contribution in [0, 0.1) is 13.8 Å². The molecule has 29 heavy (non-hydrogen) atoms. The number of nitrogens with one attached hydrogen (secondary N) is 1. The van der Waals surface area contributed by atoms with Gasteiger partial charge in [-0.25, -0.2) is 4.79 Å². The summed E-state index contributed by atoms with van der Waals surface area (Å²) in [5, 5.41) is 11.8. The molecule has 1 aliphatic heterocycles. The summed E-state index contributed by atoms with van der Waals surface area (Å²) in [6, 6.07) is 19.9. The molecule has 0 aliphatic carbocycles. The summed E-state index contributed by atoms with van der Waals surface area (Å²) in [5.41, 5.74) is 5.14. The average molecular weight is 387 g/mol. The average Bonchev–Trinajstić information content (AvgIpc) is 2.77. The van der Waals surface area contributed by atoms with Gasteiger partial charge in [0, 0.05) is 37.4 Å². The summed E-state index contributed by atoms with van der Waals surface area (Å²) in [4.78, 5) is 16.6. The zero-order valence-corrected chi connectivity index (χ0v) is 16.8. The number of anilines is 2. The molecule has 6 heteroatoms. The lowest BCUT2D eigenvalue weighted by molar-refractivity contribution is 0.208. The minimum Gasteiger partial charge on any atom is -0.352 e. The molecule has 0 spiro atoms. The van der Waals surface area contributed by atoms with Crippen LogP contribution in [0.5, 0.6) is 0 Å². The number of hydrogen-bond donors (Lipinski definition) is 1. The maximum absolute atomic E-state index is 12.6. The fourth-order valence-electron chi connectivity index (χ4n) is 3.42. The van der Waals surface area contributed by atoms with Crippen LogP contribution in [0.1, 0.15) is 11.1 Å². The van der Waals surface area contributed by atoms with E-state index in [9.17, 15) is 4.79 Å². The molecule has 3 aromatic rings. The van der Waals surface area contributed by atoms with E-state index in [4.69, 9.17) is 0 Å². The van der Waals surface area contributed by atoms with Gasteiger partial charge in [-0.2, -0.15) is 0 Å². The second-order valence-corrected chi connectivity index (χ2v) is 7.35. The number of hydrogen-bond acceptors (Lipinski definition) is 4. The minimum atomic E-state index is -0.0570. The van der Waals surface area contributed by atoms with E-state index in [0.717, 1.165) is 35.9 Å². The molecule has 1 N–H and O–H groups in total. The molecule has 0 saturated carbocycles. The van der Waals surface area contributed by atoms with E-state index in [1.54, 1.807) is 0 Å². The van der Waals surface area contributed by atoms with Crippen LogP contribution in [0.15, 0.2) is 60.7 Å². The van der Waals surface area contributed by atoms with Crippen molar-refractivity contribution in [2.75, 3.05) is 36.4 Å². The standard InChI is InChI=1S/C23H25N5O/c1-17-8-9-20(16-18(17)2)24-23(29)28-14-12-27(13-15-28)22-11-10-21(25-26-22)19-6-4-3-5-7-19/h3-11,16H,12-15H2,1-2H3,(H,24,29). The SMILES string of the molecule is Cc1ccc(NC(=O)N2CCN(c3ccc(-c4ccccc4)nn3)CC2)cc1C. The van der Waals surface area contributed by atoms with Crippen LogP contribution in [0.2, 0.25) is 0 Å². The molecule has 0 atom stereocenters. The molecule has 1 aromatic heterocycles. The summed E-state index contributed by atoms with van der Waals surface area (Å²) in [5.74, 6) is 0.846. The Labute approximate surface area is 171 Å². The normalized spacial score (nSPS) is 14.0. The van der Waals surface area contributed by atoms with Crippen molar-refractivity contribution >= 4 is 17.5 Å². The Bertz CT molecular complexity index is 980. The van der Waals surface area contributed by atoms with Gasteiger partial charge in [0.05, 0.1) is 5.69 Å². The molecule has 6 nitrogen and oxygen atoms in total. The molecule has 2 amide bonds. The molecule has 2 heterocycles. The van der Waals surface area contributed by atoms with Gasteiger partial charge in [0.2, 0.25) is 0 Å². The fourth-order valence-corrected chi connectivity index (χ4v) is 3.42. The van der Waals surface area contributed by atoms with Crippen molar-refractivity contribution in [1.82, 2.24) is 15.1 Å². The van der Waals surface area contributed by atoms with Crippen molar-refractivity contribution < 1.29 is 4.79 Å². The number of aryl methyl sites for hydroxylation is 2. The number of amides is 2. The first-order chi connectivity index (χ1) is 14.1. The highest BCUT2D eigenvalue weighted by Crippen LogP contribution is 2.20. The molecular formula is C23H25N5O. The van der Waals surface area contributed by atoms with E-state index in [0.29, 0.717) is 13.1 Å². The molecule has 1 saturated heterocycles. The molecule has 4 rings (SSSR count). The van der Waals surface area contributed by atoms with Crippen molar-refractivity contribution in [2.45, 2.75) is 13.8 Å². The molecule has 0 bridgehead atoms.